The highest BCUT2D eigenvalue weighted by Gasteiger charge is 2.27. The number of ether oxygens (including phenoxy) is 2. The Bertz CT molecular complexity index is 1050. The highest BCUT2D eigenvalue weighted by molar-refractivity contribution is 7.47. The summed E-state index contributed by atoms with van der Waals surface area (Å²) in [7, 11) is -4.62. The van der Waals surface area contributed by atoms with Crippen LogP contribution in [-0.2, 0) is 32.7 Å². The first-order valence-corrected chi connectivity index (χ1v) is 26.3. The second-order valence-corrected chi connectivity index (χ2v) is 18.3. The number of carbonyl (C=O) groups is 2. The molecule has 3 atom stereocenters. The Balaban J connectivity index is 4.18. The van der Waals surface area contributed by atoms with Gasteiger partial charge in [-0.2, -0.15) is 0 Å². The molecule has 3 N–H and O–H groups in total. The summed E-state index contributed by atoms with van der Waals surface area (Å²) in [6, 6.07) is 0. The van der Waals surface area contributed by atoms with Crippen LogP contribution >= 0.6 is 7.82 Å². The average Bonchev–Trinajstić information content (AvgIpc) is 3.24. The lowest BCUT2D eigenvalue weighted by Crippen LogP contribution is -2.29. The van der Waals surface area contributed by atoms with E-state index >= 15 is 0 Å². The van der Waals surface area contributed by atoms with Crippen LogP contribution in [0.1, 0.15) is 239 Å². The van der Waals surface area contributed by atoms with E-state index < -0.39 is 51.8 Å². The smallest absolute Gasteiger partial charge is 0.462 e. The lowest BCUT2D eigenvalue weighted by molar-refractivity contribution is -0.161. The summed E-state index contributed by atoms with van der Waals surface area (Å²) in [5, 5.41) is 18.4. The van der Waals surface area contributed by atoms with Crippen LogP contribution in [-0.4, -0.2) is 65.7 Å². The van der Waals surface area contributed by atoms with E-state index in [1.54, 1.807) is 0 Å². The predicted octanol–water partition coefficient (Wildman–Crippen LogP) is 13.7. The number of hydrogen-bond donors (Lipinski definition) is 3. The van der Waals surface area contributed by atoms with Crippen molar-refractivity contribution >= 4 is 19.8 Å². The molecular weight excluding hydrogens is 780 g/mol. The molecule has 60 heavy (non-hydrogen) atoms. The minimum Gasteiger partial charge on any atom is -0.462 e. The maximum absolute atomic E-state index is 12.7. The van der Waals surface area contributed by atoms with Gasteiger partial charge in [-0.3, -0.25) is 18.6 Å². The van der Waals surface area contributed by atoms with E-state index in [0.717, 1.165) is 51.4 Å². The molecule has 10 nitrogen and oxygen atoms in total. The van der Waals surface area contributed by atoms with E-state index in [4.69, 9.17) is 23.6 Å². The molecule has 0 aromatic carbocycles. The van der Waals surface area contributed by atoms with Crippen LogP contribution in [0, 0.1) is 0 Å². The van der Waals surface area contributed by atoms with Crippen molar-refractivity contribution in [1.29, 1.82) is 0 Å². The van der Waals surface area contributed by atoms with Gasteiger partial charge in [0.2, 0.25) is 0 Å². The molecule has 0 spiro atoms. The van der Waals surface area contributed by atoms with E-state index in [-0.39, 0.29) is 19.4 Å². The number of phosphoric ester groups is 1. The molecule has 0 aliphatic carbocycles. The molecule has 0 aliphatic rings. The molecule has 0 fully saturated rings. The number of hydrogen-bond acceptors (Lipinski definition) is 9. The van der Waals surface area contributed by atoms with Crippen LogP contribution in [0.5, 0.6) is 0 Å². The second kappa shape index (κ2) is 45.5. The number of carbonyl (C=O) groups excluding carboxylic acids is 2. The van der Waals surface area contributed by atoms with Gasteiger partial charge >= 0.3 is 19.8 Å². The Morgan fingerprint density at radius 2 is 0.867 bits per heavy atom. The van der Waals surface area contributed by atoms with E-state index in [0.29, 0.717) is 12.8 Å². The quantitative estimate of drug-likeness (QED) is 0.0233. The number of unbranched alkanes of at least 4 members (excludes halogenated alkanes) is 29. The summed E-state index contributed by atoms with van der Waals surface area (Å²) in [6.45, 7) is 2.39. The fraction of sp³-hybridized carbons (Fsp3) is 0.878. The van der Waals surface area contributed by atoms with E-state index in [2.05, 4.69) is 38.2 Å². The first-order chi connectivity index (χ1) is 29.2. The predicted molar refractivity (Wildman–Crippen MR) is 247 cm³/mol. The lowest BCUT2D eigenvalue weighted by Gasteiger charge is -2.20. The Morgan fingerprint density at radius 1 is 0.500 bits per heavy atom. The van der Waals surface area contributed by atoms with Crippen molar-refractivity contribution < 1.29 is 47.8 Å². The van der Waals surface area contributed by atoms with Crippen molar-refractivity contribution in [2.24, 2.45) is 0 Å². The molecule has 0 saturated carbocycles. The lowest BCUT2D eigenvalue weighted by atomic mass is 10.0. The van der Waals surface area contributed by atoms with Gasteiger partial charge in [0.05, 0.1) is 19.8 Å². The molecule has 354 valence electrons. The zero-order chi connectivity index (χ0) is 44.0. The third-order valence-corrected chi connectivity index (χ3v) is 11.8. The van der Waals surface area contributed by atoms with Gasteiger partial charge in [-0.05, 0) is 44.9 Å². The SMILES string of the molecule is CCCCC/C=C\C/C=C\CCCCCCCCCC(=O)OC(COC(=O)CCCCCCCCCCCCCCCCCCCCCC)COP(=O)(O)OCC(O)CO. The van der Waals surface area contributed by atoms with Crippen LogP contribution in [0.2, 0.25) is 0 Å². The number of allylic oxidation sites excluding steroid dienone is 4. The standard InChI is InChI=1S/C49H93O10P/c1-3-5-7-9-11-13-15-17-19-21-22-23-25-26-28-30-32-34-36-38-40-48(52)56-44-47(45-58-60(54,55)57-43-46(51)42-50)59-49(53)41-39-37-35-33-31-29-27-24-20-18-16-14-12-10-8-6-4-2/h12,14,18,20,46-47,50-51H,3-11,13,15-17,19,21-45H2,1-2H3,(H,54,55)/b14-12-,20-18-. The van der Waals surface area contributed by atoms with Crippen molar-refractivity contribution in [3.8, 4) is 0 Å². The molecule has 3 unspecified atom stereocenters. The summed E-state index contributed by atoms with van der Waals surface area (Å²) in [6.07, 6.45) is 47.1. The second-order valence-electron chi connectivity index (χ2n) is 16.8. The van der Waals surface area contributed by atoms with Crippen LogP contribution in [0.25, 0.3) is 0 Å². The number of esters is 2. The van der Waals surface area contributed by atoms with Crippen molar-refractivity contribution in [2.45, 2.75) is 251 Å². The van der Waals surface area contributed by atoms with E-state index in [1.807, 2.05) is 0 Å². The van der Waals surface area contributed by atoms with Crippen molar-refractivity contribution in [1.82, 2.24) is 0 Å². The molecule has 0 saturated heterocycles. The monoisotopic (exact) mass is 873 g/mol. The van der Waals surface area contributed by atoms with Crippen molar-refractivity contribution in [3.05, 3.63) is 24.3 Å². The highest BCUT2D eigenvalue weighted by atomic mass is 31.2. The third-order valence-electron chi connectivity index (χ3n) is 10.9. The van der Waals surface area contributed by atoms with Crippen molar-refractivity contribution in [2.75, 3.05) is 26.4 Å². The number of aliphatic hydroxyl groups is 2. The average molecular weight is 873 g/mol. The summed E-state index contributed by atoms with van der Waals surface area (Å²) in [5.74, 6) is -0.921. The number of phosphoric acid groups is 1. The largest absolute Gasteiger partial charge is 0.472 e. The number of rotatable bonds is 47. The fourth-order valence-electron chi connectivity index (χ4n) is 7.03. The molecule has 0 heterocycles. The molecule has 0 rings (SSSR count). The molecule has 0 aliphatic heterocycles. The van der Waals surface area contributed by atoms with Gasteiger partial charge in [0, 0.05) is 12.8 Å². The van der Waals surface area contributed by atoms with Crippen LogP contribution in [0.4, 0.5) is 0 Å². The van der Waals surface area contributed by atoms with Gasteiger partial charge in [0.15, 0.2) is 6.10 Å². The fourth-order valence-corrected chi connectivity index (χ4v) is 7.82. The van der Waals surface area contributed by atoms with Gasteiger partial charge in [0.1, 0.15) is 12.7 Å². The Morgan fingerprint density at radius 3 is 1.32 bits per heavy atom. The first kappa shape index (κ1) is 58.5. The zero-order valence-electron chi connectivity index (χ0n) is 38.7. The maximum atomic E-state index is 12.7. The first-order valence-electron chi connectivity index (χ1n) is 24.8. The van der Waals surface area contributed by atoms with E-state index in [9.17, 15) is 24.2 Å². The Kier molecular flexibility index (Phi) is 44.3. The molecule has 0 bridgehead atoms. The van der Waals surface area contributed by atoms with E-state index in [1.165, 1.54) is 148 Å². The van der Waals surface area contributed by atoms with Crippen LogP contribution in [0.3, 0.4) is 0 Å². The molecule has 0 aromatic rings. The molecule has 11 heteroatoms. The van der Waals surface area contributed by atoms with Gasteiger partial charge in [-0.15, -0.1) is 0 Å². The van der Waals surface area contributed by atoms with Gasteiger partial charge in [-0.1, -0.05) is 205 Å². The molecule has 0 amide bonds. The maximum Gasteiger partial charge on any atom is 0.472 e. The normalized spacial score (nSPS) is 13.9. The van der Waals surface area contributed by atoms with Gasteiger partial charge in [-0.25, -0.2) is 4.57 Å². The Labute approximate surface area is 368 Å². The topological polar surface area (TPSA) is 149 Å². The molecule has 0 radical (unpaired) electrons. The third kappa shape index (κ3) is 44.5. The summed E-state index contributed by atoms with van der Waals surface area (Å²) < 4.78 is 32.8. The van der Waals surface area contributed by atoms with Gasteiger partial charge < -0.3 is 24.6 Å². The van der Waals surface area contributed by atoms with Crippen molar-refractivity contribution in [3.63, 3.8) is 0 Å². The summed E-state index contributed by atoms with van der Waals surface area (Å²) in [4.78, 5) is 35.1. The van der Waals surface area contributed by atoms with Crippen LogP contribution in [0.15, 0.2) is 24.3 Å². The minimum atomic E-state index is -4.62. The Hall–Kier alpha value is -1.55. The minimum absolute atomic E-state index is 0.178. The molecular formula is C49H93O10P. The summed E-state index contributed by atoms with van der Waals surface area (Å²) >= 11 is 0. The van der Waals surface area contributed by atoms with Crippen LogP contribution < -0.4 is 0 Å². The van der Waals surface area contributed by atoms with Gasteiger partial charge in [0.25, 0.3) is 0 Å². The summed E-state index contributed by atoms with van der Waals surface area (Å²) in [5.41, 5.74) is 0. The highest BCUT2D eigenvalue weighted by Crippen LogP contribution is 2.43. The number of aliphatic hydroxyl groups excluding tert-OH is 2. The zero-order valence-corrected chi connectivity index (χ0v) is 39.6. The molecule has 0 aromatic heterocycles.